The fourth-order valence-corrected chi connectivity index (χ4v) is 2.38. The number of nitrogens with zero attached hydrogens (tertiary/aromatic N) is 1. The molecule has 2 amide bonds. The molecule has 0 unspecified atom stereocenters. The van der Waals surface area contributed by atoms with Crippen LogP contribution >= 0.6 is 0 Å². The van der Waals surface area contributed by atoms with Crippen molar-refractivity contribution in [2.24, 2.45) is 0 Å². The highest BCUT2D eigenvalue weighted by Crippen LogP contribution is 2.35. The topological polar surface area (TPSA) is 98.8 Å². The van der Waals surface area contributed by atoms with Crippen molar-refractivity contribution in [2.75, 3.05) is 31.0 Å². The molecule has 12 heteroatoms. The average molecular weight is 429 g/mol. The molecule has 0 fully saturated rings. The van der Waals surface area contributed by atoms with Crippen molar-refractivity contribution in [3.8, 4) is 17.1 Å². The molecule has 3 aromatic rings. The normalized spacial score (nSPS) is 11.4. The Labute approximate surface area is 166 Å². The molecule has 0 saturated carbocycles. The van der Waals surface area contributed by atoms with Gasteiger partial charge in [0.2, 0.25) is 5.76 Å². The number of methoxy groups -OCH3 is 1. The lowest BCUT2D eigenvalue weighted by Crippen LogP contribution is -2.20. The monoisotopic (exact) mass is 429 g/mol. The van der Waals surface area contributed by atoms with Gasteiger partial charge in [0.05, 0.1) is 18.6 Å². The van der Waals surface area contributed by atoms with Gasteiger partial charge in [-0.05, 0) is 18.2 Å². The maximum absolute atomic E-state index is 14.4. The summed E-state index contributed by atoms with van der Waals surface area (Å²) >= 11 is 0. The summed E-state index contributed by atoms with van der Waals surface area (Å²) in [4.78, 5) is 12.2. The van der Waals surface area contributed by atoms with Crippen LogP contribution < -0.4 is 15.4 Å². The van der Waals surface area contributed by atoms with E-state index in [1.54, 1.807) is 12.1 Å². The van der Waals surface area contributed by atoms with Crippen molar-refractivity contribution < 1.29 is 40.8 Å². The van der Waals surface area contributed by atoms with Gasteiger partial charge in [-0.2, -0.15) is 13.2 Å². The van der Waals surface area contributed by atoms with Crippen LogP contribution in [0.4, 0.5) is 33.9 Å². The van der Waals surface area contributed by atoms with Crippen molar-refractivity contribution in [1.29, 1.82) is 0 Å². The Bertz CT molecular complexity index is 1000. The van der Waals surface area contributed by atoms with Gasteiger partial charge in [-0.25, -0.2) is 9.18 Å². The summed E-state index contributed by atoms with van der Waals surface area (Å²) in [5.41, 5.74) is 0.263. The van der Waals surface area contributed by atoms with E-state index in [4.69, 9.17) is 13.9 Å². The lowest BCUT2D eigenvalue weighted by Gasteiger charge is -2.13. The Morgan fingerprint density at radius 1 is 1.20 bits per heavy atom. The predicted molar refractivity (Wildman–Crippen MR) is 95.6 cm³/mol. The maximum Gasteiger partial charge on any atom is 0.452 e. The van der Waals surface area contributed by atoms with Crippen LogP contribution in [-0.2, 0) is 10.9 Å². The number of rotatable bonds is 7. The molecule has 0 spiro atoms. The summed E-state index contributed by atoms with van der Waals surface area (Å²) in [5, 5.41) is 7.53. The molecule has 0 bridgehead atoms. The molecule has 160 valence electrons. The number of urea groups is 1. The van der Waals surface area contributed by atoms with E-state index in [0.717, 1.165) is 6.07 Å². The number of amides is 2. The van der Waals surface area contributed by atoms with Crippen LogP contribution in [0.3, 0.4) is 0 Å². The highest BCUT2D eigenvalue weighted by molar-refractivity contribution is 6.01. The zero-order valence-corrected chi connectivity index (χ0v) is 15.4. The first-order valence-electron chi connectivity index (χ1n) is 8.39. The fraction of sp³-hybridized carbons (Fsp3) is 0.222. The highest BCUT2D eigenvalue weighted by Gasteiger charge is 2.36. The summed E-state index contributed by atoms with van der Waals surface area (Å²) in [6.07, 6.45) is -3.38. The first-order chi connectivity index (χ1) is 14.3. The Morgan fingerprint density at radius 3 is 2.63 bits per heavy atom. The number of benzene rings is 1. The third kappa shape index (κ3) is 5.08. The number of hydrogen-bond acceptors (Lipinski definition) is 6. The fourth-order valence-electron chi connectivity index (χ4n) is 2.38. The number of nitrogens with one attached hydrogen (secondary N) is 2. The van der Waals surface area contributed by atoms with E-state index in [1.807, 2.05) is 0 Å². The molecule has 2 heterocycles. The summed E-state index contributed by atoms with van der Waals surface area (Å²) in [6.45, 7) is 0.321. The molecule has 0 radical (unpaired) electrons. The van der Waals surface area contributed by atoms with Crippen LogP contribution in [0.1, 0.15) is 5.76 Å². The molecule has 0 saturated heterocycles. The molecule has 2 N–H and O–H groups in total. The van der Waals surface area contributed by atoms with Gasteiger partial charge in [-0.3, -0.25) is 5.32 Å². The summed E-state index contributed by atoms with van der Waals surface area (Å²) < 4.78 is 71.6. The number of anilines is 2. The zero-order chi connectivity index (χ0) is 21.7. The maximum atomic E-state index is 14.4. The Balaban J connectivity index is 1.81. The second-order valence-electron chi connectivity index (χ2n) is 5.80. The minimum Gasteiger partial charge on any atom is -0.488 e. The molecule has 2 aromatic heterocycles. The largest absolute Gasteiger partial charge is 0.488 e. The van der Waals surface area contributed by atoms with Gasteiger partial charge < -0.3 is 23.7 Å². The van der Waals surface area contributed by atoms with Crippen molar-refractivity contribution >= 4 is 17.5 Å². The van der Waals surface area contributed by atoms with E-state index in [2.05, 4.69) is 20.3 Å². The average Bonchev–Trinajstić information content (AvgIpc) is 3.35. The number of carbonyl (C=O) groups excluding carboxylic acids is 1. The Kier molecular flexibility index (Phi) is 6.26. The molecule has 8 nitrogen and oxygen atoms in total. The van der Waals surface area contributed by atoms with Crippen LogP contribution in [0, 0.1) is 5.82 Å². The molecule has 1 aromatic carbocycles. The van der Waals surface area contributed by atoms with Crippen LogP contribution in [0.2, 0.25) is 0 Å². The van der Waals surface area contributed by atoms with Crippen LogP contribution in [0.15, 0.2) is 45.5 Å². The lowest BCUT2D eigenvalue weighted by atomic mass is 10.1. The van der Waals surface area contributed by atoms with Crippen molar-refractivity contribution in [3.63, 3.8) is 0 Å². The highest BCUT2D eigenvalue weighted by atomic mass is 19.4. The molecule has 3 rings (SSSR count). The lowest BCUT2D eigenvalue weighted by molar-refractivity contribution is -0.155. The SMILES string of the molecule is COCCOc1cc(-c2ccco2)c(NC(=O)Nc2cc(C(F)(F)F)on2)cc1F. The molecular weight excluding hydrogens is 414 g/mol. The molecule has 30 heavy (non-hydrogen) atoms. The van der Waals surface area contributed by atoms with E-state index in [1.165, 1.54) is 19.4 Å². The third-order valence-electron chi connectivity index (χ3n) is 3.68. The van der Waals surface area contributed by atoms with Gasteiger partial charge in [-0.1, -0.05) is 5.16 Å². The Hall–Kier alpha value is -3.54. The number of alkyl halides is 3. The predicted octanol–water partition coefficient (Wildman–Crippen LogP) is 4.76. The van der Waals surface area contributed by atoms with E-state index in [-0.39, 0.29) is 30.2 Å². The van der Waals surface area contributed by atoms with Gasteiger partial charge in [-0.15, -0.1) is 0 Å². The van der Waals surface area contributed by atoms with Gasteiger partial charge in [0.15, 0.2) is 17.4 Å². The number of halogens is 4. The number of aromatic nitrogens is 1. The van der Waals surface area contributed by atoms with E-state index in [0.29, 0.717) is 11.8 Å². The van der Waals surface area contributed by atoms with Gasteiger partial charge in [0.1, 0.15) is 12.4 Å². The van der Waals surface area contributed by atoms with Gasteiger partial charge >= 0.3 is 12.2 Å². The van der Waals surface area contributed by atoms with Crippen LogP contribution in [-0.4, -0.2) is 31.5 Å². The van der Waals surface area contributed by atoms with Gasteiger partial charge in [0, 0.05) is 24.8 Å². The Morgan fingerprint density at radius 2 is 2.00 bits per heavy atom. The third-order valence-corrected chi connectivity index (χ3v) is 3.68. The van der Waals surface area contributed by atoms with E-state index in [9.17, 15) is 22.4 Å². The smallest absolute Gasteiger partial charge is 0.452 e. The van der Waals surface area contributed by atoms with E-state index >= 15 is 0 Å². The first-order valence-corrected chi connectivity index (χ1v) is 8.39. The number of furan rings is 1. The second-order valence-corrected chi connectivity index (χ2v) is 5.80. The summed E-state index contributed by atoms with van der Waals surface area (Å²) in [7, 11) is 1.46. The number of hydrogen-bond donors (Lipinski definition) is 2. The van der Waals surface area contributed by atoms with Gasteiger partial charge in [0.25, 0.3) is 0 Å². The number of carbonyl (C=O) groups is 1. The van der Waals surface area contributed by atoms with Crippen molar-refractivity contribution in [1.82, 2.24) is 5.16 Å². The second kappa shape index (κ2) is 8.86. The summed E-state index contributed by atoms with van der Waals surface area (Å²) in [6, 6.07) is 5.00. The molecule has 0 aliphatic rings. The zero-order valence-electron chi connectivity index (χ0n) is 15.4. The standard InChI is InChI=1S/C18H15F4N3O5/c1-27-5-6-29-14-7-10(13-3-2-4-28-13)12(8-11(14)19)23-17(26)24-16-9-15(30-25-16)18(20,21)22/h2-4,7-9H,5-6H2,1H3,(H2,23,24,25,26). The molecule has 0 aliphatic heterocycles. The minimum atomic E-state index is -4.75. The van der Waals surface area contributed by atoms with Crippen molar-refractivity contribution in [2.45, 2.75) is 6.18 Å². The molecule has 0 aliphatic carbocycles. The van der Waals surface area contributed by atoms with Crippen LogP contribution in [0.5, 0.6) is 5.75 Å². The minimum absolute atomic E-state index is 0.0152. The quantitative estimate of drug-likeness (QED) is 0.415. The number of ether oxygens (including phenoxy) is 2. The molecule has 0 atom stereocenters. The van der Waals surface area contributed by atoms with Crippen molar-refractivity contribution in [3.05, 3.63) is 48.2 Å². The van der Waals surface area contributed by atoms with Crippen LogP contribution in [0.25, 0.3) is 11.3 Å². The summed E-state index contributed by atoms with van der Waals surface area (Å²) in [5.74, 6) is -2.44. The van der Waals surface area contributed by atoms with E-state index < -0.39 is 29.6 Å². The first kappa shape index (κ1) is 21.2. The molecular formula is C18H15F4N3O5.